The molecule has 0 aliphatic rings. The van der Waals surface area contributed by atoms with E-state index in [0.29, 0.717) is 5.95 Å². The van der Waals surface area contributed by atoms with Crippen LogP contribution >= 0.6 is 12.0 Å². The van der Waals surface area contributed by atoms with Crippen molar-refractivity contribution in [2.75, 3.05) is 17.7 Å². The molecule has 1 amide bonds. The summed E-state index contributed by atoms with van der Waals surface area (Å²) in [7, 11) is 1.66. The van der Waals surface area contributed by atoms with Crippen LogP contribution in [0.2, 0.25) is 0 Å². The van der Waals surface area contributed by atoms with Gasteiger partial charge < -0.3 is 9.50 Å². The lowest BCUT2D eigenvalue weighted by Gasteiger charge is -2.14. The highest BCUT2D eigenvalue weighted by Gasteiger charge is 2.07. The second-order valence-corrected chi connectivity index (χ2v) is 6.26. The molecule has 0 saturated heterocycles. The smallest absolute Gasteiger partial charge is 0.234 e. The Morgan fingerprint density at radius 3 is 2.62 bits per heavy atom. The summed E-state index contributed by atoms with van der Waals surface area (Å²) in [6, 6.07) is 8.49. The Bertz CT molecular complexity index is 666. The minimum atomic E-state index is -0.213. The summed E-state index contributed by atoms with van der Waals surface area (Å²) in [5.41, 5.74) is 1.26. The Morgan fingerprint density at radius 2 is 1.96 bits per heavy atom. The number of benzene rings is 1. The molecule has 2 rings (SSSR count). The average molecular weight is 347 g/mol. The molecule has 1 unspecified atom stereocenters. The first-order valence-corrected chi connectivity index (χ1v) is 8.33. The van der Waals surface area contributed by atoms with Gasteiger partial charge in [0.05, 0.1) is 7.11 Å². The summed E-state index contributed by atoms with van der Waals surface area (Å²) >= 11 is 1.35. The van der Waals surface area contributed by atoms with E-state index in [1.54, 1.807) is 7.11 Å². The first-order valence-electron chi connectivity index (χ1n) is 7.59. The van der Waals surface area contributed by atoms with E-state index in [1.165, 1.54) is 30.9 Å². The summed E-state index contributed by atoms with van der Waals surface area (Å²) in [6.07, 6.45) is 3.24. The van der Waals surface area contributed by atoms with E-state index in [-0.39, 0.29) is 17.9 Å². The third kappa shape index (κ3) is 6.13. The minimum Gasteiger partial charge on any atom is -0.352 e. The molecule has 8 heteroatoms. The van der Waals surface area contributed by atoms with Crippen molar-refractivity contribution < 1.29 is 8.98 Å². The molecule has 1 aromatic heterocycles. The second-order valence-electron chi connectivity index (χ2n) is 5.29. The Balaban J connectivity index is 1.84. The molecule has 0 bridgehead atoms. The fraction of sp³-hybridized carbons (Fsp3) is 0.375. The molecule has 0 aliphatic heterocycles. The summed E-state index contributed by atoms with van der Waals surface area (Å²) in [5.74, 6) is 0.488. The van der Waals surface area contributed by atoms with Crippen LogP contribution in [-0.4, -0.2) is 34.0 Å². The minimum absolute atomic E-state index is 0.186. The lowest BCUT2D eigenvalue weighted by atomic mass is 10.1. The molecule has 0 fully saturated rings. The number of carbonyl (C=O) groups is 1. The predicted molar refractivity (Wildman–Crippen MR) is 94.8 cm³/mol. The quantitative estimate of drug-likeness (QED) is 0.710. The van der Waals surface area contributed by atoms with Crippen LogP contribution in [0.25, 0.3) is 0 Å². The van der Waals surface area contributed by atoms with E-state index < -0.39 is 0 Å². The lowest BCUT2D eigenvalue weighted by molar-refractivity contribution is -0.114. The third-order valence-electron chi connectivity index (χ3n) is 3.20. The normalized spacial score (nSPS) is 11.8. The third-order valence-corrected chi connectivity index (χ3v) is 3.84. The van der Waals surface area contributed by atoms with Gasteiger partial charge in [-0.25, -0.2) is 9.97 Å². The summed E-state index contributed by atoms with van der Waals surface area (Å²) in [6.45, 7) is 3.48. The topological polar surface area (TPSA) is 89.0 Å². The number of hydrogen-bond acceptors (Lipinski definition) is 7. The maximum atomic E-state index is 11.0. The number of nitrogens with zero attached hydrogens (tertiary/aromatic N) is 3. The van der Waals surface area contributed by atoms with Gasteiger partial charge in [0.2, 0.25) is 17.8 Å². The number of aromatic nitrogens is 3. The maximum Gasteiger partial charge on any atom is 0.234 e. The van der Waals surface area contributed by atoms with Gasteiger partial charge in [0.25, 0.3) is 0 Å². The van der Waals surface area contributed by atoms with Gasteiger partial charge in [-0.15, -0.1) is 0 Å². The van der Waals surface area contributed by atoms with Crippen LogP contribution in [0.1, 0.15) is 25.8 Å². The van der Waals surface area contributed by atoms with Crippen LogP contribution in [0.3, 0.4) is 0 Å². The first-order chi connectivity index (χ1) is 11.6. The molecule has 0 radical (unpaired) electrons. The fourth-order valence-electron chi connectivity index (χ4n) is 2.07. The van der Waals surface area contributed by atoms with Crippen LogP contribution in [-0.2, 0) is 15.4 Å². The second kappa shape index (κ2) is 9.19. The number of anilines is 2. The molecule has 0 spiro atoms. The monoisotopic (exact) mass is 347 g/mol. The van der Waals surface area contributed by atoms with Crippen molar-refractivity contribution in [3.63, 3.8) is 0 Å². The predicted octanol–water partition coefficient (Wildman–Crippen LogP) is 2.92. The highest BCUT2D eigenvalue weighted by Crippen LogP contribution is 2.19. The molecule has 1 heterocycles. The van der Waals surface area contributed by atoms with E-state index in [4.69, 9.17) is 4.18 Å². The van der Waals surface area contributed by atoms with Gasteiger partial charge >= 0.3 is 0 Å². The average Bonchev–Trinajstić information content (AvgIpc) is 2.54. The zero-order valence-corrected chi connectivity index (χ0v) is 14.8. The van der Waals surface area contributed by atoms with Crippen LogP contribution in [0.15, 0.2) is 35.5 Å². The van der Waals surface area contributed by atoms with Crippen molar-refractivity contribution in [3.8, 4) is 0 Å². The number of nitrogens with one attached hydrogen (secondary N) is 2. The fourth-order valence-corrected chi connectivity index (χ4v) is 2.51. The molecular weight excluding hydrogens is 326 g/mol. The van der Waals surface area contributed by atoms with Crippen LogP contribution in [0.5, 0.6) is 0 Å². The Kier molecular flexibility index (Phi) is 6.95. The van der Waals surface area contributed by atoms with Gasteiger partial charge in [-0.1, -0.05) is 12.1 Å². The van der Waals surface area contributed by atoms with E-state index in [2.05, 4.69) is 44.6 Å². The SMILES string of the molecule is COSc1ccc(CCC(C)Nc2ncnc(NC(C)=O)n2)cc1. The Labute approximate surface area is 145 Å². The maximum absolute atomic E-state index is 11.0. The van der Waals surface area contributed by atoms with Gasteiger partial charge in [0.1, 0.15) is 6.33 Å². The van der Waals surface area contributed by atoms with Crippen molar-refractivity contribution in [1.82, 2.24) is 15.0 Å². The molecule has 128 valence electrons. The van der Waals surface area contributed by atoms with Gasteiger partial charge in [-0.05, 0) is 37.5 Å². The Morgan fingerprint density at radius 1 is 1.25 bits per heavy atom. The standard InChI is InChI=1S/C16H21N5O2S/c1-11(4-5-13-6-8-14(9-7-13)24-23-3)19-15-17-10-18-16(21-15)20-12(2)22/h6-11H,4-5H2,1-3H3,(H2,17,18,19,20,21,22). The highest BCUT2D eigenvalue weighted by molar-refractivity contribution is 7.94. The number of rotatable bonds is 8. The van der Waals surface area contributed by atoms with Crippen LogP contribution in [0, 0.1) is 0 Å². The number of carbonyl (C=O) groups excluding carboxylic acids is 1. The largest absolute Gasteiger partial charge is 0.352 e. The summed E-state index contributed by atoms with van der Waals surface area (Å²) in [4.78, 5) is 24.2. The molecule has 0 saturated carbocycles. The molecule has 24 heavy (non-hydrogen) atoms. The zero-order valence-electron chi connectivity index (χ0n) is 13.9. The van der Waals surface area contributed by atoms with Gasteiger partial charge in [0, 0.05) is 29.9 Å². The van der Waals surface area contributed by atoms with Crippen LogP contribution < -0.4 is 10.6 Å². The van der Waals surface area contributed by atoms with Crippen molar-refractivity contribution in [2.24, 2.45) is 0 Å². The van der Waals surface area contributed by atoms with E-state index >= 15 is 0 Å². The molecular formula is C16H21N5O2S. The van der Waals surface area contributed by atoms with Gasteiger partial charge in [-0.3, -0.25) is 10.1 Å². The van der Waals surface area contributed by atoms with E-state index in [9.17, 15) is 4.79 Å². The molecule has 7 nitrogen and oxygen atoms in total. The molecule has 2 aromatic rings. The van der Waals surface area contributed by atoms with Crippen molar-refractivity contribution >= 4 is 29.8 Å². The molecule has 1 aromatic carbocycles. The lowest BCUT2D eigenvalue weighted by Crippen LogP contribution is -2.19. The highest BCUT2D eigenvalue weighted by atomic mass is 32.2. The van der Waals surface area contributed by atoms with E-state index in [1.807, 2.05) is 12.1 Å². The van der Waals surface area contributed by atoms with Crippen molar-refractivity contribution in [1.29, 1.82) is 0 Å². The van der Waals surface area contributed by atoms with Crippen molar-refractivity contribution in [2.45, 2.75) is 37.6 Å². The number of aryl methyl sites for hydroxylation is 1. The zero-order chi connectivity index (χ0) is 17.4. The van der Waals surface area contributed by atoms with Gasteiger partial charge in [0.15, 0.2) is 0 Å². The first kappa shape index (κ1) is 18.2. The van der Waals surface area contributed by atoms with Crippen LogP contribution in [0.4, 0.5) is 11.9 Å². The molecule has 1 atom stereocenters. The summed E-state index contributed by atoms with van der Waals surface area (Å²) in [5, 5.41) is 5.76. The van der Waals surface area contributed by atoms with Gasteiger partial charge in [-0.2, -0.15) is 4.98 Å². The number of hydrogen-bond donors (Lipinski definition) is 2. The molecule has 0 aliphatic carbocycles. The molecule has 2 N–H and O–H groups in total. The summed E-state index contributed by atoms with van der Waals surface area (Å²) < 4.78 is 5.03. The Hall–Kier alpha value is -2.19. The number of amides is 1. The van der Waals surface area contributed by atoms with Crippen molar-refractivity contribution in [3.05, 3.63) is 36.2 Å². The van der Waals surface area contributed by atoms with E-state index in [0.717, 1.165) is 17.7 Å².